The fourth-order valence-corrected chi connectivity index (χ4v) is 2.23. The lowest BCUT2D eigenvalue weighted by Gasteiger charge is -2.34. The van der Waals surface area contributed by atoms with Crippen LogP contribution in [0.2, 0.25) is 0 Å². The molecule has 1 fully saturated rings. The van der Waals surface area contributed by atoms with Gasteiger partial charge in [-0.15, -0.1) is 0 Å². The van der Waals surface area contributed by atoms with Crippen molar-refractivity contribution in [3.05, 3.63) is 23.8 Å². The van der Waals surface area contributed by atoms with Crippen LogP contribution in [0.3, 0.4) is 0 Å². The molecule has 0 aliphatic carbocycles. The Morgan fingerprint density at radius 1 is 1.11 bits per heavy atom. The Hall–Kier alpha value is -1.22. The summed E-state index contributed by atoms with van der Waals surface area (Å²) in [6.07, 6.45) is 0.228. The Morgan fingerprint density at radius 2 is 1.78 bits per heavy atom. The number of nitrogens with zero attached hydrogens (tertiary/aromatic N) is 2. The first-order valence-electron chi connectivity index (χ1n) is 6.77. The van der Waals surface area contributed by atoms with E-state index < -0.39 is 0 Å². The van der Waals surface area contributed by atoms with Crippen molar-refractivity contribution in [2.75, 3.05) is 38.1 Å². The molecule has 0 aromatic heterocycles. The summed E-state index contributed by atoms with van der Waals surface area (Å²) in [6.45, 7) is 10.7. The van der Waals surface area contributed by atoms with E-state index in [1.165, 1.54) is 11.3 Å². The molecule has 1 heterocycles. The van der Waals surface area contributed by atoms with Gasteiger partial charge in [-0.2, -0.15) is 0 Å². The second kappa shape index (κ2) is 5.61. The summed E-state index contributed by atoms with van der Waals surface area (Å²) >= 11 is 0. The van der Waals surface area contributed by atoms with Crippen LogP contribution in [0, 0.1) is 6.92 Å². The molecular formula is C15H24N2O. The van der Waals surface area contributed by atoms with Crippen LogP contribution in [-0.4, -0.2) is 44.2 Å². The van der Waals surface area contributed by atoms with Gasteiger partial charge in [-0.25, -0.2) is 0 Å². The molecule has 1 aromatic rings. The number of piperazine rings is 1. The van der Waals surface area contributed by atoms with E-state index in [-0.39, 0.29) is 6.10 Å². The molecule has 0 spiro atoms. The fourth-order valence-electron chi connectivity index (χ4n) is 2.23. The highest BCUT2D eigenvalue weighted by Crippen LogP contribution is 2.26. The van der Waals surface area contributed by atoms with Crippen molar-refractivity contribution in [2.45, 2.75) is 26.9 Å². The molecule has 18 heavy (non-hydrogen) atoms. The maximum absolute atomic E-state index is 5.86. The van der Waals surface area contributed by atoms with E-state index in [9.17, 15) is 0 Å². The number of hydrogen-bond acceptors (Lipinski definition) is 3. The molecule has 0 atom stereocenters. The molecule has 0 N–H and O–H groups in total. The number of ether oxygens (including phenoxy) is 1. The summed E-state index contributed by atoms with van der Waals surface area (Å²) in [5.74, 6) is 1.02. The van der Waals surface area contributed by atoms with Gasteiger partial charge in [-0.05, 0) is 39.4 Å². The van der Waals surface area contributed by atoms with Crippen molar-refractivity contribution in [2.24, 2.45) is 0 Å². The first kappa shape index (κ1) is 13.2. The molecule has 0 bridgehead atoms. The Bertz CT molecular complexity index is 395. The molecule has 3 nitrogen and oxygen atoms in total. The molecule has 1 aliphatic rings. The number of benzene rings is 1. The Morgan fingerprint density at radius 3 is 2.39 bits per heavy atom. The predicted molar refractivity (Wildman–Crippen MR) is 76.7 cm³/mol. The third-order valence-corrected chi connectivity index (χ3v) is 3.40. The van der Waals surface area contributed by atoms with E-state index in [0.717, 1.165) is 31.9 Å². The van der Waals surface area contributed by atoms with Crippen LogP contribution in [0.25, 0.3) is 0 Å². The van der Waals surface area contributed by atoms with Gasteiger partial charge >= 0.3 is 0 Å². The standard InChI is InChI=1S/C15H24N2O/c1-12(2)18-15-11-14(6-5-13(15)3)17-9-7-16(4)8-10-17/h5-6,11-12H,7-10H2,1-4H3. The average molecular weight is 248 g/mol. The van der Waals surface area contributed by atoms with Gasteiger partial charge in [0.25, 0.3) is 0 Å². The largest absolute Gasteiger partial charge is 0.491 e. The van der Waals surface area contributed by atoms with Crippen molar-refractivity contribution in [1.82, 2.24) is 4.90 Å². The molecule has 0 saturated carbocycles. The lowest BCUT2D eigenvalue weighted by molar-refractivity contribution is 0.240. The van der Waals surface area contributed by atoms with Crippen molar-refractivity contribution >= 4 is 5.69 Å². The van der Waals surface area contributed by atoms with Crippen molar-refractivity contribution < 1.29 is 4.74 Å². The van der Waals surface area contributed by atoms with Gasteiger partial charge in [-0.3, -0.25) is 0 Å². The zero-order valence-electron chi connectivity index (χ0n) is 11.9. The topological polar surface area (TPSA) is 15.7 Å². The quantitative estimate of drug-likeness (QED) is 0.817. The van der Waals surface area contributed by atoms with Crippen LogP contribution in [0.4, 0.5) is 5.69 Å². The molecule has 1 saturated heterocycles. The minimum absolute atomic E-state index is 0.228. The van der Waals surface area contributed by atoms with Gasteiger partial charge in [-0.1, -0.05) is 6.07 Å². The second-order valence-electron chi connectivity index (χ2n) is 5.41. The van der Waals surface area contributed by atoms with E-state index >= 15 is 0 Å². The smallest absolute Gasteiger partial charge is 0.124 e. The summed E-state index contributed by atoms with van der Waals surface area (Å²) < 4.78 is 5.86. The molecule has 1 aromatic carbocycles. The van der Waals surface area contributed by atoms with Gasteiger partial charge in [0.2, 0.25) is 0 Å². The number of anilines is 1. The van der Waals surface area contributed by atoms with Crippen molar-refractivity contribution in [3.63, 3.8) is 0 Å². The van der Waals surface area contributed by atoms with Crippen LogP contribution in [0.15, 0.2) is 18.2 Å². The molecule has 0 radical (unpaired) electrons. The van der Waals surface area contributed by atoms with Crippen LogP contribution in [-0.2, 0) is 0 Å². The number of likely N-dealkylation sites (N-methyl/N-ethyl adjacent to an activating group) is 1. The zero-order valence-corrected chi connectivity index (χ0v) is 11.9. The minimum Gasteiger partial charge on any atom is -0.491 e. The van der Waals surface area contributed by atoms with E-state index in [2.05, 4.69) is 55.8 Å². The molecule has 2 rings (SSSR count). The van der Waals surface area contributed by atoms with Crippen molar-refractivity contribution in [3.8, 4) is 5.75 Å². The Kier molecular flexibility index (Phi) is 4.12. The molecule has 100 valence electrons. The third kappa shape index (κ3) is 3.16. The van der Waals surface area contributed by atoms with Gasteiger partial charge in [0.15, 0.2) is 0 Å². The maximum atomic E-state index is 5.86. The number of rotatable bonds is 3. The highest BCUT2D eigenvalue weighted by molar-refractivity contribution is 5.54. The maximum Gasteiger partial charge on any atom is 0.124 e. The highest BCUT2D eigenvalue weighted by atomic mass is 16.5. The van der Waals surface area contributed by atoms with Crippen LogP contribution < -0.4 is 9.64 Å². The van der Waals surface area contributed by atoms with Crippen LogP contribution in [0.1, 0.15) is 19.4 Å². The van der Waals surface area contributed by atoms with Crippen LogP contribution in [0.5, 0.6) is 5.75 Å². The molecular weight excluding hydrogens is 224 g/mol. The van der Waals surface area contributed by atoms with Crippen LogP contribution >= 0.6 is 0 Å². The van der Waals surface area contributed by atoms with E-state index in [1.807, 2.05) is 0 Å². The first-order valence-corrected chi connectivity index (χ1v) is 6.77. The van der Waals surface area contributed by atoms with E-state index in [4.69, 9.17) is 4.74 Å². The SMILES string of the molecule is Cc1ccc(N2CCN(C)CC2)cc1OC(C)C. The van der Waals surface area contributed by atoms with E-state index in [1.54, 1.807) is 0 Å². The molecule has 3 heteroatoms. The van der Waals surface area contributed by atoms with Gasteiger partial charge in [0, 0.05) is 37.9 Å². The second-order valence-corrected chi connectivity index (χ2v) is 5.41. The monoisotopic (exact) mass is 248 g/mol. The third-order valence-electron chi connectivity index (χ3n) is 3.40. The Balaban J connectivity index is 2.13. The van der Waals surface area contributed by atoms with Gasteiger partial charge < -0.3 is 14.5 Å². The summed E-state index contributed by atoms with van der Waals surface area (Å²) in [7, 11) is 2.18. The molecule has 0 unspecified atom stereocenters. The van der Waals surface area contributed by atoms with Crippen molar-refractivity contribution in [1.29, 1.82) is 0 Å². The summed E-state index contributed by atoms with van der Waals surface area (Å²) in [6, 6.07) is 6.54. The first-order chi connectivity index (χ1) is 8.56. The normalized spacial score (nSPS) is 17.3. The molecule has 1 aliphatic heterocycles. The number of hydrogen-bond donors (Lipinski definition) is 0. The predicted octanol–water partition coefficient (Wildman–Crippen LogP) is 2.53. The molecule has 0 amide bonds. The highest BCUT2D eigenvalue weighted by Gasteiger charge is 2.15. The lowest BCUT2D eigenvalue weighted by atomic mass is 10.1. The van der Waals surface area contributed by atoms with Gasteiger partial charge in [0.05, 0.1) is 6.10 Å². The minimum atomic E-state index is 0.228. The number of aryl methyl sites for hydroxylation is 1. The summed E-state index contributed by atoms with van der Waals surface area (Å²) in [5.41, 5.74) is 2.49. The summed E-state index contributed by atoms with van der Waals surface area (Å²) in [5, 5.41) is 0. The summed E-state index contributed by atoms with van der Waals surface area (Å²) in [4.78, 5) is 4.81. The average Bonchev–Trinajstić information content (AvgIpc) is 2.32. The lowest BCUT2D eigenvalue weighted by Crippen LogP contribution is -2.44. The van der Waals surface area contributed by atoms with E-state index in [0.29, 0.717) is 0 Å². The zero-order chi connectivity index (χ0) is 13.1. The Labute approximate surface area is 110 Å². The van der Waals surface area contributed by atoms with Gasteiger partial charge in [0.1, 0.15) is 5.75 Å². The fraction of sp³-hybridized carbons (Fsp3) is 0.600.